The van der Waals surface area contributed by atoms with Crippen LogP contribution in [0.3, 0.4) is 0 Å². The lowest BCUT2D eigenvalue weighted by molar-refractivity contribution is -0.167. The van der Waals surface area contributed by atoms with Crippen molar-refractivity contribution >= 4 is 17.9 Å². The molecule has 9 nitrogen and oxygen atoms in total. The molecule has 0 aromatic heterocycles. The minimum atomic E-state index is -0.820. The van der Waals surface area contributed by atoms with Crippen LogP contribution in [0.2, 0.25) is 0 Å². The summed E-state index contributed by atoms with van der Waals surface area (Å²) in [5, 5.41) is 0. The first kappa shape index (κ1) is 20.0. The molecule has 3 unspecified atom stereocenters. The van der Waals surface area contributed by atoms with Crippen molar-refractivity contribution in [2.75, 3.05) is 33.0 Å². The molecular weight excluding hydrogens is 360 g/mol. The van der Waals surface area contributed by atoms with Crippen LogP contribution in [-0.4, -0.2) is 75.4 Å². The van der Waals surface area contributed by atoms with Gasteiger partial charge in [-0.1, -0.05) is 0 Å². The predicted molar refractivity (Wildman–Crippen MR) is 88.7 cm³/mol. The Bertz CT molecular complexity index is 491. The van der Waals surface area contributed by atoms with E-state index in [0.717, 1.165) is 0 Å². The Labute approximate surface area is 157 Å². The first-order valence-corrected chi connectivity index (χ1v) is 9.44. The number of carbonyl (C=O) groups is 3. The zero-order valence-electron chi connectivity index (χ0n) is 15.3. The Morgan fingerprint density at radius 2 is 1.07 bits per heavy atom. The van der Waals surface area contributed by atoms with Gasteiger partial charge in [0, 0.05) is 19.3 Å². The molecule has 0 aromatic rings. The van der Waals surface area contributed by atoms with E-state index in [1.807, 2.05) is 0 Å². The summed E-state index contributed by atoms with van der Waals surface area (Å²) >= 11 is 0. The van der Waals surface area contributed by atoms with Crippen molar-refractivity contribution in [2.24, 2.45) is 0 Å². The second-order valence-corrected chi connectivity index (χ2v) is 6.96. The Morgan fingerprint density at radius 3 is 1.44 bits per heavy atom. The van der Waals surface area contributed by atoms with Crippen molar-refractivity contribution in [3.8, 4) is 0 Å². The Kier molecular flexibility index (Phi) is 7.42. The van der Waals surface area contributed by atoms with Crippen molar-refractivity contribution in [1.82, 2.24) is 0 Å². The molecule has 0 N–H and O–H groups in total. The van der Waals surface area contributed by atoms with E-state index < -0.39 is 24.0 Å². The number of carbonyl (C=O) groups excluding carboxylic acids is 3. The van der Waals surface area contributed by atoms with Gasteiger partial charge in [-0.15, -0.1) is 0 Å². The number of epoxide rings is 3. The van der Waals surface area contributed by atoms with Crippen molar-refractivity contribution in [1.29, 1.82) is 0 Å². The summed E-state index contributed by atoms with van der Waals surface area (Å²) in [7, 11) is 0. The number of esters is 3. The molecule has 0 saturated carbocycles. The lowest BCUT2D eigenvalue weighted by Gasteiger charge is -2.18. The van der Waals surface area contributed by atoms with E-state index in [9.17, 15) is 14.4 Å². The minimum absolute atomic E-state index is 0.126. The van der Waals surface area contributed by atoms with Crippen LogP contribution in [0.1, 0.15) is 38.5 Å². The SMILES string of the molecule is O=C(CCC1CO1)OCC(COC(=O)CCC1CO1)OC(=O)CCC1CO1. The zero-order valence-corrected chi connectivity index (χ0v) is 15.3. The molecular formula is C18H26O9. The second kappa shape index (κ2) is 10.0. The number of hydrogen-bond acceptors (Lipinski definition) is 9. The van der Waals surface area contributed by atoms with E-state index in [0.29, 0.717) is 39.1 Å². The lowest BCUT2D eigenvalue weighted by atomic mass is 10.2. The first-order valence-electron chi connectivity index (χ1n) is 9.44. The molecule has 3 heterocycles. The Balaban J connectivity index is 1.35. The molecule has 152 valence electrons. The van der Waals surface area contributed by atoms with E-state index in [1.165, 1.54) is 0 Å². The van der Waals surface area contributed by atoms with Crippen molar-refractivity contribution in [2.45, 2.75) is 62.9 Å². The summed E-state index contributed by atoms with van der Waals surface area (Å²) in [6.45, 7) is 1.74. The fourth-order valence-electron chi connectivity index (χ4n) is 2.42. The number of hydrogen-bond donors (Lipinski definition) is 0. The van der Waals surface area contributed by atoms with Crippen molar-refractivity contribution < 1.29 is 42.8 Å². The van der Waals surface area contributed by atoms with Gasteiger partial charge in [-0.05, 0) is 19.3 Å². The maximum absolute atomic E-state index is 11.9. The lowest BCUT2D eigenvalue weighted by Crippen LogP contribution is -2.31. The summed E-state index contributed by atoms with van der Waals surface area (Å²) in [6.07, 6.45) is 2.11. The van der Waals surface area contributed by atoms with Gasteiger partial charge in [0.25, 0.3) is 0 Å². The third-order valence-corrected chi connectivity index (χ3v) is 4.38. The average Bonchev–Trinajstić information content (AvgIpc) is 3.49. The smallest absolute Gasteiger partial charge is 0.306 e. The Morgan fingerprint density at radius 1 is 0.704 bits per heavy atom. The topological polar surface area (TPSA) is 116 Å². The van der Waals surface area contributed by atoms with E-state index in [2.05, 4.69) is 0 Å². The van der Waals surface area contributed by atoms with E-state index in [-0.39, 0.29) is 50.8 Å². The molecule has 0 radical (unpaired) electrons. The summed E-state index contributed by atoms with van der Waals surface area (Å²) in [4.78, 5) is 35.4. The molecule has 3 aliphatic rings. The monoisotopic (exact) mass is 386 g/mol. The van der Waals surface area contributed by atoms with Gasteiger partial charge in [0.05, 0.1) is 38.1 Å². The molecule has 0 aliphatic carbocycles. The van der Waals surface area contributed by atoms with Crippen LogP contribution in [0.4, 0.5) is 0 Å². The van der Waals surface area contributed by atoms with Crippen LogP contribution in [0.15, 0.2) is 0 Å². The van der Waals surface area contributed by atoms with Crippen LogP contribution in [-0.2, 0) is 42.8 Å². The normalized spacial score (nSPS) is 26.0. The van der Waals surface area contributed by atoms with Gasteiger partial charge < -0.3 is 28.4 Å². The molecule has 3 saturated heterocycles. The predicted octanol–water partition coefficient (Wildman–Crippen LogP) is 0.522. The fraction of sp³-hybridized carbons (Fsp3) is 0.833. The molecule has 0 aromatic carbocycles. The van der Waals surface area contributed by atoms with Gasteiger partial charge in [0.15, 0.2) is 6.10 Å². The largest absolute Gasteiger partial charge is 0.462 e. The van der Waals surface area contributed by atoms with E-state index in [1.54, 1.807) is 0 Å². The first-order chi connectivity index (χ1) is 13.1. The molecule has 0 spiro atoms. The van der Waals surface area contributed by atoms with Gasteiger partial charge in [-0.2, -0.15) is 0 Å². The van der Waals surface area contributed by atoms with E-state index >= 15 is 0 Å². The van der Waals surface area contributed by atoms with Crippen LogP contribution < -0.4 is 0 Å². The molecule has 3 atom stereocenters. The highest BCUT2D eigenvalue weighted by Gasteiger charge is 2.27. The van der Waals surface area contributed by atoms with Crippen molar-refractivity contribution in [3.05, 3.63) is 0 Å². The standard InChI is InChI=1S/C18H26O9/c19-16(4-1-12-7-22-12)25-10-15(27-18(21)6-3-14-9-24-14)11-26-17(20)5-2-13-8-23-13/h12-15H,1-11H2. The van der Waals surface area contributed by atoms with Crippen LogP contribution >= 0.6 is 0 Å². The highest BCUT2D eigenvalue weighted by molar-refractivity contribution is 5.71. The van der Waals surface area contributed by atoms with Crippen LogP contribution in [0.5, 0.6) is 0 Å². The quantitative estimate of drug-likeness (QED) is 0.239. The highest BCUT2D eigenvalue weighted by Crippen LogP contribution is 2.18. The summed E-state index contributed by atoms with van der Waals surface area (Å²) in [6, 6.07) is 0. The average molecular weight is 386 g/mol. The van der Waals surface area contributed by atoms with Gasteiger partial charge in [-0.25, -0.2) is 0 Å². The maximum Gasteiger partial charge on any atom is 0.306 e. The van der Waals surface area contributed by atoms with Gasteiger partial charge in [0.2, 0.25) is 0 Å². The fourth-order valence-corrected chi connectivity index (χ4v) is 2.42. The summed E-state index contributed by atoms with van der Waals surface area (Å²) in [5.41, 5.74) is 0. The number of rotatable bonds is 14. The third-order valence-electron chi connectivity index (χ3n) is 4.38. The molecule has 0 amide bonds. The van der Waals surface area contributed by atoms with Gasteiger partial charge in [-0.3, -0.25) is 14.4 Å². The second-order valence-electron chi connectivity index (χ2n) is 6.96. The summed E-state index contributed by atoms with van der Waals surface area (Å²) in [5.74, 6) is -1.22. The number of ether oxygens (including phenoxy) is 6. The maximum atomic E-state index is 11.9. The van der Waals surface area contributed by atoms with Crippen molar-refractivity contribution in [3.63, 3.8) is 0 Å². The van der Waals surface area contributed by atoms with Gasteiger partial charge >= 0.3 is 17.9 Å². The van der Waals surface area contributed by atoms with Gasteiger partial charge in [0.1, 0.15) is 13.2 Å². The molecule has 3 aliphatic heterocycles. The minimum Gasteiger partial charge on any atom is -0.462 e. The zero-order chi connectivity index (χ0) is 19.1. The molecule has 3 fully saturated rings. The van der Waals surface area contributed by atoms with Crippen LogP contribution in [0.25, 0.3) is 0 Å². The molecule has 27 heavy (non-hydrogen) atoms. The van der Waals surface area contributed by atoms with Crippen LogP contribution in [0, 0.1) is 0 Å². The van der Waals surface area contributed by atoms with E-state index in [4.69, 9.17) is 28.4 Å². The molecule has 9 heteroatoms. The third kappa shape index (κ3) is 9.16. The highest BCUT2D eigenvalue weighted by atomic mass is 16.6. The Hall–Kier alpha value is -1.71. The molecule has 0 bridgehead atoms. The summed E-state index contributed by atoms with van der Waals surface area (Å²) < 4.78 is 30.8. The molecule has 3 rings (SSSR count).